The van der Waals surface area contributed by atoms with Crippen LogP contribution in [0.5, 0.6) is 0 Å². The van der Waals surface area contributed by atoms with Crippen molar-refractivity contribution in [3.63, 3.8) is 0 Å². The van der Waals surface area contributed by atoms with Crippen LogP contribution in [0.3, 0.4) is 0 Å². The maximum absolute atomic E-state index is 10.8. The monoisotopic (exact) mass is 196 g/mol. The Morgan fingerprint density at radius 1 is 1.29 bits per heavy atom. The number of ether oxygens (including phenoxy) is 1. The molecule has 0 aromatic carbocycles. The Balaban J connectivity index is 3.76. The maximum Gasteiger partial charge on any atom is 0.330 e. The third-order valence-electron chi connectivity index (χ3n) is 1.96. The molecule has 0 saturated heterocycles. The van der Waals surface area contributed by atoms with Crippen LogP contribution < -0.4 is 0 Å². The zero-order chi connectivity index (χ0) is 10.8. The average Bonchev–Trinajstić information content (AvgIpc) is 2.21. The molecule has 0 atom stereocenters. The Bertz CT molecular complexity index is 214. The summed E-state index contributed by atoms with van der Waals surface area (Å²) < 4.78 is 4.49. The van der Waals surface area contributed by atoms with Crippen LogP contribution in [0.1, 0.15) is 39.5 Å². The van der Waals surface area contributed by atoms with Gasteiger partial charge in [-0.2, -0.15) is 0 Å². The molecule has 0 spiro atoms. The highest BCUT2D eigenvalue weighted by Crippen LogP contribution is 2.04. The largest absolute Gasteiger partial charge is 0.466 e. The van der Waals surface area contributed by atoms with Crippen molar-refractivity contribution in [1.29, 1.82) is 0 Å². The van der Waals surface area contributed by atoms with Gasteiger partial charge in [-0.3, -0.25) is 0 Å². The Kier molecular flexibility index (Phi) is 7.90. The van der Waals surface area contributed by atoms with Crippen molar-refractivity contribution in [3.05, 3.63) is 23.8 Å². The van der Waals surface area contributed by atoms with E-state index in [9.17, 15) is 4.79 Å². The minimum atomic E-state index is -0.300. The van der Waals surface area contributed by atoms with E-state index in [0.29, 0.717) is 0 Å². The molecule has 0 bridgehead atoms. The molecule has 2 heteroatoms. The van der Waals surface area contributed by atoms with Gasteiger partial charge < -0.3 is 4.74 Å². The van der Waals surface area contributed by atoms with E-state index >= 15 is 0 Å². The van der Waals surface area contributed by atoms with E-state index in [1.807, 2.05) is 6.92 Å². The quantitative estimate of drug-likeness (QED) is 0.282. The summed E-state index contributed by atoms with van der Waals surface area (Å²) in [5.41, 5.74) is 1.12. The van der Waals surface area contributed by atoms with Gasteiger partial charge in [0.2, 0.25) is 0 Å². The van der Waals surface area contributed by atoms with Gasteiger partial charge in [0.15, 0.2) is 0 Å². The second kappa shape index (κ2) is 8.54. The summed E-state index contributed by atoms with van der Waals surface area (Å²) in [5, 5.41) is 0. The van der Waals surface area contributed by atoms with Gasteiger partial charge in [-0.05, 0) is 19.8 Å². The molecule has 0 aliphatic carbocycles. The number of methoxy groups -OCH3 is 1. The number of hydrogen-bond acceptors (Lipinski definition) is 2. The molecule has 0 rings (SSSR count). The summed E-state index contributed by atoms with van der Waals surface area (Å²) in [6, 6.07) is 0. The van der Waals surface area contributed by atoms with Crippen molar-refractivity contribution < 1.29 is 9.53 Å². The van der Waals surface area contributed by atoms with Crippen LogP contribution in [0.4, 0.5) is 0 Å². The van der Waals surface area contributed by atoms with E-state index in [0.717, 1.165) is 12.0 Å². The first-order chi connectivity index (χ1) is 6.70. The smallest absolute Gasteiger partial charge is 0.330 e. The predicted molar refractivity (Wildman–Crippen MR) is 59.1 cm³/mol. The van der Waals surface area contributed by atoms with E-state index < -0.39 is 0 Å². The molecule has 0 N–H and O–H groups in total. The van der Waals surface area contributed by atoms with Crippen LogP contribution >= 0.6 is 0 Å². The molecule has 0 aliphatic heterocycles. The molecule has 0 aliphatic rings. The predicted octanol–water partition coefficient (Wildman–Crippen LogP) is 3.24. The Morgan fingerprint density at radius 2 is 2.00 bits per heavy atom. The maximum atomic E-state index is 10.8. The summed E-state index contributed by atoms with van der Waals surface area (Å²) in [6.45, 7) is 4.18. The molecule has 0 amide bonds. The normalized spacial score (nSPS) is 12.1. The van der Waals surface area contributed by atoms with Crippen LogP contribution in [0, 0.1) is 0 Å². The molecule has 14 heavy (non-hydrogen) atoms. The first kappa shape index (κ1) is 12.9. The van der Waals surface area contributed by atoms with E-state index in [4.69, 9.17) is 0 Å². The first-order valence-electron chi connectivity index (χ1n) is 5.13. The van der Waals surface area contributed by atoms with E-state index in [2.05, 4.69) is 17.7 Å². The number of allylic oxidation sites excluding steroid dienone is 3. The van der Waals surface area contributed by atoms with Crippen molar-refractivity contribution >= 4 is 5.97 Å². The zero-order valence-corrected chi connectivity index (χ0v) is 9.38. The Morgan fingerprint density at radius 3 is 2.57 bits per heavy atom. The fourth-order valence-corrected chi connectivity index (χ4v) is 1.06. The van der Waals surface area contributed by atoms with Crippen molar-refractivity contribution in [2.45, 2.75) is 39.5 Å². The summed E-state index contributed by atoms with van der Waals surface area (Å²) in [5.74, 6) is -0.300. The van der Waals surface area contributed by atoms with Gasteiger partial charge >= 0.3 is 5.97 Å². The lowest BCUT2D eigenvalue weighted by atomic mass is 10.1. The third kappa shape index (κ3) is 7.59. The van der Waals surface area contributed by atoms with Gasteiger partial charge in [0.05, 0.1) is 7.11 Å². The fourth-order valence-electron chi connectivity index (χ4n) is 1.06. The van der Waals surface area contributed by atoms with Crippen LogP contribution in [0.2, 0.25) is 0 Å². The molecule has 0 fully saturated rings. The molecule has 80 valence electrons. The highest BCUT2D eigenvalue weighted by atomic mass is 16.5. The standard InChI is InChI=1S/C12H20O2/c1-4-5-6-7-8-11(2)9-10-12(13)14-3/h8-10H,4-7H2,1-3H3/b10-9+,11-8-. The van der Waals surface area contributed by atoms with E-state index in [1.165, 1.54) is 32.4 Å². The van der Waals surface area contributed by atoms with Crippen LogP contribution in [0.25, 0.3) is 0 Å². The number of carbonyl (C=O) groups is 1. The molecular weight excluding hydrogens is 176 g/mol. The van der Waals surface area contributed by atoms with E-state index in [-0.39, 0.29) is 5.97 Å². The minimum absolute atomic E-state index is 0.300. The summed E-state index contributed by atoms with van der Waals surface area (Å²) in [4.78, 5) is 10.8. The molecule has 0 aromatic heterocycles. The molecule has 2 nitrogen and oxygen atoms in total. The topological polar surface area (TPSA) is 26.3 Å². The number of hydrogen-bond donors (Lipinski definition) is 0. The van der Waals surface area contributed by atoms with Gasteiger partial charge in [-0.15, -0.1) is 0 Å². The first-order valence-corrected chi connectivity index (χ1v) is 5.13. The fraction of sp³-hybridized carbons (Fsp3) is 0.583. The van der Waals surface area contributed by atoms with Crippen molar-refractivity contribution in [2.75, 3.05) is 7.11 Å². The van der Waals surface area contributed by atoms with Gasteiger partial charge in [0.1, 0.15) is 0 Å². The average molecular weight is 196 g/mol. The number of rotatable bonds is 6. The van der Waals surface area contributed by atoms with Gasteiger partial charge in [-0.25, -0.2) is 4.79 Å². The van der Waals surface area contributed by atoms with Crippen LogP contribution in [-0.4, -0.2) is 13.1 Å². The second-order valence-electron chi connectivity index (χ2n) is 3.30. The van der Waals surface area contributed by atoms with Crippen molar-refractivity contribution in [3.8, 4) is 0 Å². The van der Waals surface area contributed by atoms with E-state index in [1.54, 1.807) is 6.08 Å². The Hall–Kier alpha value is -1.05. The van der Waals surface area contributed by atoms with Crippen LogP contribution in [0.15, 0.2) is 23.8 Å². The lowest BCUT2D eigenvalue weighted by molar-refractivity contribution is -0.134. The number of carbonyl (C=O) groups excluding carboxylic acids is 1. The highest BCUT2D eigenvalue weighted by molar-refractivity contribution is 5.82. The summed E-state index contributed by atoms with van der Waals surface area (Å²) in [6.07, 6.45) is 10.2. The van der Waals surface area contributed by atoms with Gasteiger partial charge in [-0.1, -0.05) is 37.5 Å². The van der Waals surface area contributed by atoms with Gasteiger partial charge in [0, 0.05) is 6.08 Å². The Labute approximate surface area is 86.6 Å². The minimum Gasteiger partial charge on any atom is -0.466 e. The van der Waals surface area contributed by atoms with Crippen LogP contribution in [-0.2, 0) is 9.53 Å². The highest BCUT2D eigenvalue weighted by Gasteiger charge is 1.90. The lowest BCUT2D eigenvalue weighted by Crippen LogP contribution is -1.93. The molecule has 0 aromatic rings. The molecule has 0 radical (unpaired) electrons. The lowest BCUT2D eigenvalue weighted by Gasteiger charge is -1.94. The SMILES string of the molecule is CCCCC/C=C(C)\C=C\C(=O)OC. The second-order valence-corrected chi connectivity index (χ2v) is 3.30. The molecule has 0 heterocycles. The molecular formula is C12H20O2. The van der Waals surface area contributed by atoms with Gasteiger partial charge in [0.25, 0.3) is 0 Å². The summed E-state index contributed by atoms with van der Waals surface area (Å²) in [7, 11) is 1.38. The van der Waals surface area contributed by atoms with Crippen molar-refractivity contribution in [2.24, 2.45) is 0 Å². The number of esters is 1. The molecule has 0 saturated carbocycles. The zero-order valence-electron chi connectivity index (χ0n) is 9.38. The van der Waals surface area contributed by atoms with Crippen molar-refractivity contribution in [1.82, 2.24) is 0 Å². The molecule has 0 unspecified atom stereocenters. The number of unbranched alkanes of at least 4 members (excludes halogenated alkanes) is 3. The summed E-state index contributed by atoms with van der Waals surface area (Å²) >= 11 is 0. The third-order valence-corrected chi connectivity index (χ3v) is 1.96.